The van der Waals surface area contributed by atoms with Crippen molar-refractivity contribution in [2.45, 2.75) is 105 Å². The summed E-state index contributed by atoms with van der Waals surface area (Å²) in [6.07, 6.45) is 11.4. The molecule has 3 fully saturated rings. The van der Waals surface area contributed by atoms with Gasteiger partial charge in [-0.25, -0.2) is 0 Å². The summed E-state index contributed by atoms with van der Waals surface area (Å²) < 4.78 is 0. The minimum atomic E-state index is -0.766. The van der Waals surface area contributed by atoms with Gasteiger partial charge < -0.3 is 5.11 Å². The van der Waals surface area contributed by atoms with Gasteiger partial charge in [-0.1, -0.05) is 53.9 Å². The SMILES string of the molecule is CC(C)CCC[C@@H](C)[C@H]1CC[C@H]2[C@H]3CCC(=O)[C@](C)(CCC(=O)O)[C@@H]3CC[C@]12C. The summed E-state index contributed by atoms with van der Waals surface area (Å²) in [7, 11) is 0. The van der Waals surface area contributed by atoms with E-state index in [1.54, 1.807) is 0 Å². The number of aliphatic carboxylic acids is 1. The minimum Gasteiger partial charge on any atom is -0.481 e. The normalized spacial score (nSPS) is 40.6. The molecule has 3 rings (SSSR count). The highest BCUT2D eigenvalue weighted by Gasteiger charge is 2.59. The maximum Gasteiger partial charge on any atom is 0.303 e. The summed E-state index contributed by atoms with van der Waals surface area (Å²) in [5.41, 5.74) is 0.0100. The summed E-state index contributed by atoms with van der Waals surface area (Å²) in [6.45, 7) is 11.8. The number of carbonyl (C=O) groups is 2. The van der Waals surface area contributed by atoms with Crippen molar-refractivity contribution in [3.8, 4) is 0 Å². The Kier molecular flexibility index (Phi) is 6.85. The Bertz CT molecular complexity index is 611. The number of carboxylic acid groups (broad SMARTS) is 1. The fraction of sp³-hybridized carbons (Fsp3) is 0.923. The van der Waals surface area contributed by atoms with Crippen LogP contribution >= 0.6 is 0 Å². The van der Waals surface area contributed by atoms with Crippen molar-refractivity contribution in [3.63, 3.8) is 0 Å². The van der Waals surface area contributed by atoms with Crippen LogP contribution in [-0.2, 0) is 9.59 Å². The summed E-state index contributed by atoms with van der Waals surface area (Å²) in [5, 5.41) is 9.22. The van der Waals surface area contributed by atoms with E-state index in [0.717, 1.165) is 36.5 Å². The lowest BCUT2D eigenvalue weighted by Gasteiger charge is -2.56. The molecular weight excluding hydrogens is 360 g/mol. The van der Waals surface area contributed by atoms with Crippen molar-refractivity contribution in [1.29, 1.82) is 0 Å². The standard InChI is InChI=1S/C26H44O3/c1-17(2)7-6-8-18(3)20-10-11-21-19-9-12-23(27)26(5,16-14-24(28)29)22(19)13-15-25(20,21)4/h17-22H,6-16H2,1-5H3,(H,28,29)/t18-,19-,20-,21+,22-,25-,26-/m1/s1. The van der Waals surface area contributed by atoms with Gasteiger partial charge >= 0.3 is 5.97 Å². The molecular formula is C26H44O3. The minimum absolute atomic E-state index is 0.128. The lowest BCUT2D eigenvalue weighted by Crippen LogP contribution is -2.52. The van der Waals surface area contributed by atoms with Crippen molar-refractivity contribution in [1.82, 2.24) is 0 Å². The third-order valence-corrected chi connectivity index (χ3v) is 9.66. The number of ketones is 1. The smallest absolute Gasteiger partial charge is 0.303 e. The molecule has 1 N–H and O–H groups in total. The Morgan fingerprint density at radius 2 is 1.79 bits per heavy atom. The third-order valence-electron chi connectivity index (χ3n) is 9.66. The molecule has 29 heavy (non-hydrogen) atoms. The molecule has 3 aliphatic rings. The van der Waals surface area contributed by atoms with E-state index >= 15 is 0 Å². The van der Waals surface area contributed by atoms with E-state index in [0.29, 0.717) is 35.9 Å². The van der Waals surface area contributed by atoms with Crippen LogP contribution in [0.4, 0.5) is 0 Å². The molecule has 0 saturated heterocycles. The first-order chi connectivity index (χ1) is 13.6. The number of carbonyl (C=O) groups excluding carboxylic acids is 1. The van der Waals surface area contributed by atoms with Gasteiger partial charge in [-0.15, -0.1) is 0 Å². The Balaban J connectivity index is 1.73. The molecule has 7 atom stereocenters. The van der Waals surface area contributed by atoms with Crippen LogP contribution in [0.2, 0.25) is 0 Å². The van der Waals surface area contributed by atoms with Gasteiger partial charge in [0.25, 0.3) is 0 Å². The molecule has 0 aromatic rings. The second-order valence-electron chi connectivity index (χ2n) is 11.7. The van der Waals surface area contributed by atoms with Gasteiger partial charge in [0.1, 0.15) is 5.78 Å². The number of hydrogen-bond donors (Lipinski definition) is 1. The van der Waals surface area contributed by atoms with E-state index in [9.17, 15) is 14.7 Å². The van der Waals surface area contributed by atoms with Gasteiger partial charge in [-0.05, 0) is 79.4 Å². The topological polar surface area (TPSA) is 54.4 Å². The zero-order valence-corrected chi connectivity index (χ0v) is 19.5. The number of fused-ring (bicyclic) bond motifs is 3. The van der Waals surface area contributed by atoms with Gasteiger partial charge in [0, 0.05) is 18.3 Å². The van der Waals surface area contributed by atoms with E-state index in [1.165, 1.54) is 38.5 Å². The first-order valence-electron chi connectivity index (χ1n) is 12.3. The van der Waals surface area contributed by atoms with Crippen molar-refractivity contribution in [3.05, 3.63) is 0 Å². The van der Waals surface area contributed by atoms with Gasteiger partial charge in [-0.2, -0.15) is 0 Å². The van der Waals surface area contributed by atoms with E-state index < -0.39 is 11.4 Å². The number of hydrogen-bond acceptors (Lipinski definition) is 2. The van der Waals surface area contributed by atoms with E-state index in [4.69, 9.17) is 0 Å². The summed E-state index contributed by atoms with van der Waals surface area (Å²) >= 11 is 0. The lowest BCUT2D eigenvalue weighted by atomic mass is 9.48. The Morgan fingerprint density at radius 3 is 2.45 bits per heavy atom. The van der Waals surface area contributed by atoms with Crippen LogP contribution in [0.25, 0.3) is 0 Å². The highest BCUT2D eigenvalue weighted by Crippen LogP contribution is 2.65. The third kappa shape index (κ3) is 4.30. The Labute approximate surface area is 178 Å². The monoisotopic (exact) mass is 404 g/mol. The van der Waals surface area contributed by atoms with Crippen LogP contribution in [0, 0.1) is 46.3 Å². The van der Waals surface area contributed by atoms with Gasteiger partial charge in [0.05, 0.1) is 0 Å². The van der Waals surface area contributed by atoms with Gasteiger partial charge in [0.15, 0.2) is 0 Å². The number of rotatable bonds is 8. The molecule has 3 saturated carbocycles. The molecule has 0 aliphatic heterocycles. The molecule has 3 aliphatic carbocycles. The van der Waals surface area contributed by atoms with Crippen LogP contribution in [0.3, 0.4) is 0 Å². The number of Topliss-reactive ketones (excluding diaryl/α,β-unsaturated/α-hetero) is 1. The molecule has 0 unspecified atom stereocenters. The predicted octanol–water partition coefficient (Wildman–Crippen LogP) is 6.74. The van der Waals surface area contributed by atoms with Crippen molar-refractivity contribution >= 4 is 11.8 Å². The van der Waals surface area contributed by atoms with Gasteiger partial charge in [-0.3, -0.25) is 9.59 Å². The van der Waals surface area contributed by atoms with Crippen molar-refractivity contribution in [2.75, 3.05) is 0 Å². The maximum absolute atomic E-state index is 12.9. The Morgan fingerprint density at radius 1 is 1.07 bits per heavy atom. The molecule has 166 valence electrons. The molecule has 0 aromatic carbocycles. The lowest BCUT2D eigenvalue weighted by molar-refractivity contribution is -0.148. The summed E-state index contributed by atoms with van der Waals surface area (Å²) in [4.78, 5) is 24.1. The van der Waals surface area contributed by atoms with Crippen LogP contribution in [0.1, 0.15) is 105 Å². The second-order valence-corrected chi connectivity index (χ2v) is 11.7. The molecule has 0 aromatic heterocycles. The molecule has 3 heteroatoms. The van der Waals surface area contributed by atoms with E-state index in [2.05, 4.69) is 34.6 Å². The van der Waals surface area contributed by atoms with Crippen LogP contribution in [0.5, 0.6) is 0 Å². The first kappa shape index (κ1) is 22.8. The fourth-order valence-electron chi connectivity index (χ4n) is 7.99. The molecule has 0 spiro atoms. The quantitative estimate of drug-likeness (QED) is 0.487. The molecule has 3 nitrogen and oxygen atoms in total. The number of carboxylic acids is 1. The Hall–Kier alpha value is -0.860. The highest BCUT2D eigenvalue weighted by atomic mass is 16.4. The van der Waals surface area contributed by atoms with Crippen LogP contribution in [-0.4, -0.2) is 16.9 Å². The van der Waals surface area contributed by atoms with Crippen molar-refractivity contribution in [2.24, 2.45) is 46.3 Å². The average Bonchev–Trinajstić information content (AvgIpc) is 3.00. The van der Waals surface area contributed by atoms with Crippen LogP contribution in [0.15, 0.2) is 0 Å². The van der Waals surface area contributed by atoms with E-state index in [-0.39, 0.29) is 6.42 Å². The van der Waals surface area contributed by atoms with Crippen molar-refractivity contribution < 1.29 is 14.7 Å². The summed E-state index contributed by atoms with van der Waals surface area (Å²) in [5.74, 6) is 3.74. The molecule has 0 amide bonds. The molecule has 0 heterocycles. The zero-order valence-electron chi connectivity index (χ0n) is 19.5. The second kappa shape index (κ2) is 8.71. The maximum atomic E-state index is 12.9. The van der Waals surface area contributed by atoms with Crippen LogP contribution < -0.4 is 0 Å². The molecule has 0 radical (unpaired) electrons. The average molecular weight is 405 g/mol. The fourth-order valence-corrected chi connectivity index (χ4v) is 7.99. The zero-order chi connectivity index (χ0) is 21.4. The summed E-state index contributed by atoms with van der Waals surface area (Å²) in [6, 6.07) is 0. The largest absolute Gasteiger partial charge is 0.481 e. The first-order valence-corrected chi connectivity index (χ1v) is 12.3. The predicted molar refractivity (Wildman–Crippen MR) is 118 cm³/mol. The van der Waals surface area contributed by atoms with Gasteiger partial charge in [0.2, 0.25) is 0 Å². The highest BCUT2D eigenvalue weighted by molar-refractivity contribution is 5.86. The molecule has 0 bridgehead atoms. The van der Waals surface area contributed by atoms with E-state index in [1.807, 2.05) is 0 Å².